The molecule has 2 N–H and O–H groups in total. The van der Waals surface area contributed by atoms with Crippen LogP contribution in [0.4, 0.5) is 5.69 Å². The molecular weight excluding hydrogens is 450 g/mol. The van der Waals surface area contributed by atoms with Crippen molar-refractivity contribution in [3.63, 3.8) is 0 Å². The third kappa shape index (κ3) is 6.42. The summed E-state index contributed by atoms with van der Waals surface area (Å²) in [6.07, 6.45) is 2.43. The van der Waals surface area contributed by atoms with Crippen molar-refractivity contribution in [2.24, 2.45) is 5.92 Å². The Kier molecular flexibility index (Phi) is 8.48. The number of benzene rings is 2. The van der Waals surface area contributed by atoms with Gasteiger partial charge >= 0.3 is 0 Å². The lowest BCUT2D eigenvalue weighted by atomic mass is 9.98. The molecule has 1 aliphatic rings. The van der Waals surface area contributed by atoms with Gasteiger partial charge in [0.1, 0.15) is 6.61 Å². The average Bonchev–Trinajstić information content (AvgIpc) is 2.76. The van der Waals surface area contributed by atoms with Crippen molar-refractivity contribution in [2.45, 2.75) is 32.9 Å². The van der Waals surface area contributed by atoms with E-state index >= 15 is 0 Å². The molecule has 7 nitrogen and oxygen atoms in total. The fourth-order valence-corrected chi connectivity index (χ4v) is 3.93. The summed E-state index contributed by atoms with van der Waals surface area (Å²) in [5.41, 5.74) is 2.04. The van der Waals surface area contributed by atoms with Crippen LogP contribution in [-0.4, -0.2) is 31.2 Å². The Balaban J connectivity index is 1.62. The molecule has 0 spiro atoms. The summed E-state index contributed by atoms with van der Waals surface area (Å²) in [5.74, 6) is 2.06. The monoisotopic (exact) mass is 477 g/mol. The second-order valence-electron chi connectivity index (χ2n) is 7.36. The summed E-state index contributed by atoms with van der Waals surface area (Å²) in [4.78, 5) is 10.4. The molecule has 0 radical (unpaired) electrons. The van der Waals surface area contributed by atoms with Crippen molar-refractivity contribution in [1.29, 1.82) is 0 Å². The SMILES string of the molecule is CCOc1cc(CNCC2CCNCC2)c(Br)cc1OCc1ccc([N+](=O)[O-])cc1. The van der Waals surface area contributed by atoms with E-state index in [-0.39, 0.29) is 5.69 Å². The van der Waals surface area contributed by atoms with Crippen LogP contribution >= 0.6 is 15.9 Å². The first kappa shape index (κ1) is 22.5. The highest BCUT2D eigenvalue weighted by atomic mass is 79.9. The van der Waals surface area contributed by atoms with Crippen LogP contribution in [0.2, 0.25) is 0 Å². The molecule has 0 saturated carbocycles. The van der Waals surface area contributed by atoms with E-state index in [0.717, 1.165) is 47.7 Å². The third-order valence-corrected chi connectivity index (χ3v) is 5.90. The number of nitro benzene ring substituents is 1. The van der Waals surface area contributed by atoms with Gasteiger partial charge in [0, 0.05) is 23.2 Å². The molecule has 0 amide bonds. The Morgan fingerprint density at radius 3 is 2.53 bits per heavy atom. The maximum atomic E-state index is 10.8. The van der Waals surface area contributed by atoms with E-state index in [1.54, 1.807) is 12.1 Å². The van der Waals surface area contributed by atoms with Gasteiger partial charge in [-0.15, -0.1) is 0 Å². The van der Waals surface area contributed by atoms with Crippen molar-refractivity contribution >= 4 is 21.6 Å². The quantitative estimate of drug-likeness (QED) is 0.389. The van der Waals surface area contributed by atoms with E-state index in [1.165, 1.54) is 25.0 Å². The minimum Gasteiger partial charge on any atom is -0.490 e. The molecule has 1 fully saturated rings. The molecule has 0 aromatic heterocycles. The van der Waals surface area contributed by atoms with Gasteiger partial charge in [-0.3, -0.25) is 10.1 Å². The summed E-state index contributed by atoms with van der Waals surface area (Å²) in [6, 6.07) is 10.3. The first-order valence-electron chi connectivity index (χ1n) is 10.3. The Morgan fingerprint density at radius 1 is 1.17 bits per heavy atom. The Hall–Kier alpha value is -2.16. The van der Waals surface area contributed by atoms with Gasteiger partial charge in [-0.25, -0.2) is 0 Å². The number of non-ortho nitro benzene ring substituents is 1. The van der Waals surface area contributed by atoms with Gasteiger partial charge in [0.05, 0.1) is 11.5 Å². The maximum Gasteiger partial charge on any atom is 0.269 e. The number of piperidine rings is 1. The number of halogens is 1. The second-order valence-corrected chi connectivity index (χ2v) is 8.21. The van der Waals surface area contributed by atoms with Gasteiger partial charge < -0.3 is 20.1 Å². The van der Waals surface area contributed by atoms with Gasteiger partial charge in [-0.1, -0.05) is 15.9 Å². The number of hydrogen-bond acceptors (Lipinski definition) is 6. The summed E-state index contributed by atoms with van der Waals surface area (Å²) in [7, 11) is 0. The summed E-state index contributed by atoms with van der Waals surface area (Å²) in [5, 5.41) is 17.7. The Bertz CT molecular complexity index is 839. The molecule has 1 aliphatic heterocycles. The number of nitrogens with zero attached hydrogens (tertiary/aromatic N) is 1. The summed E-state index contributed by atoms with van der Waals surface area (Å²) < 4.78 is 12.7. The lowest BCUT2D eigenvalue weighted by Gasteiger charge is -2.23. The third-order valence-electron chi connectivity index (χ3n) is 5.16. The van der Waals surface area contributed by atoms with Crippen molar-refractivity contribution in [1.82, 2.24) is 10.6 Å². The number of rotatable bonds is 10. The average molecular weight is 478 g/mol. The summed E-state index contributed by atoms with van der Waals surface area (Å²) in [6.45, 7) is 6.76. The molecular formula is C22H28BrN3O4. The zero-order valence-corrected chi connectivity index (χ0v) is 18.7. The van der Waals surface area contributed by atoms with Crippen LogP contribution in [0.25, 0.3) is 0 Å². The van der Waals surface area contributed by atoms with Gasteiger partial charge in [0.25, 0.3) is 5.69 Å². The van der Waals surface area contributed by atoms with E-state index in [0.29, 0.717) is 24.7 Å². The van der Waals surface area contributed by atoms with Crippen LogP contribution in [0, 0.1) is 16.0 Å². The van der Waals surface area contributed by atoms with Crippen LogP contribution < -0.4 is 20.1 Å². The van der Waals surface area contributed by atoms with Gasteiger partial charge in [0.15, 0.2) is 11.5 Å². The highest BCUT2D eigenvalue weighted by Crippen LogP contribution is 2.34. The number of nitro groups is 1. The van der Waals surface area contributed by atoms with Crippen molar-refractivity contribution in [3.8, 4) is 11.5 Å². The topological polar surface area (TPSA) is 85.7 Å². The number of ether oxygens (including phenoxy) is 2. The number of nitrogens with one attached hydrogen (secondary N) is 2. The Morgan fingerprint density at radius 2 is 1.87 bits per heavy atom. The lowest BCUT2D eigenvalue weighted by Crippen LogP contribution is -2.33. The molecule has 8 heteroatoms. The van der Waals surface area contributed by atoms with E-state index in [2.05, 4.69) is 26.6 Å². The van der Waals surface area contributed by atoms with Gasteiger partial charge in [-0.2, -0.15) is 0 Å². The standard InChI is InChI=1S/C22H28BrN3O4/c1-2-29-21-11-18(14-25-13-16-7-9-24-10-8-16)20(23)12-22(21)30-15-17-3-5-19(6-4-17)26(27)28/h3-6,11-12,16,24-25H,2,7-10,13-15H2,1H3. The molecule has 0 unspecified atom stereocenters. The predicted molar refractivity (Wildman–Crippen MR) is 120 cm³/mol. The van der Waals surface area contributed by atoms with Crippen LogP contribution in [0.3, 0.4) is 0 Å². The molecule has 1 saturated heterocycles. The minimum atomic E-state index is -0.410. The summed E-state index contributed by atoms with van der Waals surface area (Å²) >= 11 is 3.65. The first-order valence-corrected chi connectivity index (χ1v) is 11.1. The van der Waals surface area contributed by atoms with Gasteiger partial charge in [0.2, 0.25) is 0 Å². The molecule has 2 aromatic carbocycles. The minimum absolute atomic E-state index is 0.0674. The Labute approximate surface area is 185 Å². The highest BCUT2D eigenvalue weighted by Gasteiger charge is 2.14. The van der Waals surface area contributed by atoms with Gasteiger partial charge in [-0.05, 0) is 80.7 Å². The first-order chi connectivity index (χ1) is 14.6. The maximum absolute atomic E-state index is 10.8. The molecule has 3 rings (SSSR count). The van der Waals surface area contributed by atoms with Crippen LogP contribution in [0.15, 0.2) is 40.9 Å². The molecule has 0 aliphatic carbocycles. The van der Waals surface area contributed by atoms with Crippen LogP contribution in [0.5, 0.6) is 11.5 Å². The molecule has 0 bridgehead atoms. The predicted octanol–water partition coefficient (Wildman–Crippen LogP) is 4.42. The molecule has 1 heterocycles. The molecule has 0 atom stereocenters. The molecule has 2 aromatic rings. The highest BCUT2D eigenvalue weighted by molar-refractivity contribution is 9.10. The number of hydrogen-bond donors (Lipinski definition) is 2. The second kappa shape index (κ2) is 11.3. The van der Waals surface area contributed by atoms with Crippen LogP contribution in [0.1, 0.15) is 30.9 Å². The smallest absolute Gasteiger partial charge is 0.269 e. The zero-order valence-electron chi connectivity index (χ0n) is 17.2. The van der Waals surface area contributed by atoms with E-state index < -0.39 is 4.92 Å². The van der Waals surface area contributed by atoms with Crippen molar-refractivity contribution in [3.05, 3.63) is 62.1 Å². The van der Waals surface area contributed by atoms with Crippen LogP contribution in [-0.2, 0) is 13.2 Å². The molecule has 30 heavy (non-hydrogen) atoms. The zero-order chi connectivity index (χ0) is 21.3. The fourth-order valence-electron chi connectivity index (χ4n) is 3.47. The van der Waals surface area contributed by atoms with E-state index in [1.807, 2.05) is 19.1 Å². The van der Waals surface area contributed by atoms with Crippen molar-refractivity contribution < 1.29 is 14.4 Å². The van der Waals surface area contributed by atoms with E-state index in [9.17, 15) is 10.1 Å². The van der Waals surface area contributed by atoms with E-state index in [4.69, 9.17) is 9.47 Å². The molecule has 162 valence electrons. The normalized spacial score (nSPS) is 14.5. The fraction of sp³-hybridized carbons (Fsp3) is 0.455. The largest absolute Gasteiger partial charge is 0.490 e. The lowest BCUT2D eigenvalue weighted by molar-refractivity contribution is -0.384. The van der Waals surface area contributed by atoms with Crippen molar-refractivity contribution in [2.75, 3.05) is 26.2 Å².